The van der Waals surface area contributed by atoms with Crippen LogP contribution >= 0.6 is 12.4 Å². The molecule has 0 aromatic heterocycles. The van der Waals surface area contributed by atoms with Crippen molar-refractivity contribution in [3.8, 4) is 0 Å². The van der Waals surface area contributed by atoms with Crippen molar-refractivity contribution in [2.24, 2.45) is 5.14 Å². The van der Waals surface area contributed by atoms with Gasteiger partial charge in [-0.25, -0.2) is 13.6 Å². The zero-order valence-corrected chi connectivity index (χ0v) is 13.4. The molecular formula is C11H19ClN4O4S. The van der Waals surface area contributed by atoms with Gasteiger partial charge in [0, 0.05) is 18.7 Å². The van der Waals surface area contributed by atoms with Crippen molar-refractivity contribution in [1.29, 1.82) is 0 Å². The van der Waals surface area contributed by atoms with Crippen LogP contribution in [-0.2, 0) is 10.0 Å². The number of hydrogen-bond donors (Lipinski definition) is 2. The first-order valence-electron chi connectivity index (χ1n) is 5.91. The molecule has 10 heteroatoms. The summed E-state index contributed by atoms with van der Waals surface area (Å²) >= 11 is 0. The molecule has 0 radical (unpaired) electrons. The van der Waals surface area contributed by atoms with Crippen LogP contribution in [0.2, 0.25) is 0 Å². The van der Waals surface area contributed by atoms with Gasteiger partial charge < -0.3 is 10.2 Å². The Bertz CT molecular complexity index is 592. The second-order valence-corrected chi connectivity index (χ2v) is 6.10. The molecule has 1 rings (SSSR count). The molecule has 0 spiro atoms. The molecule has 0 saturated heterocycles. The van der Waals surface area contributed by atoms with Gasteiger partial charge in [-0.3, -0.25) is 10.1 Å². The second kappa shape index (κ2) is 8.13. The normalized spacial score (nSPS) is 11.0. The van der Waals surface area contributed by atoms with E-state index in [-0.39, 0.29) is 28.7 Å². The van der Waals surface area contributed by atoms with Crippen molar-refractivity contribution < 1.29 is 13.3 Å². The van der Waals surface area contributed by atoms with Crippen molar-refractivity contribution in [2.75, 3.05) is 32.5 Å². The van der Waals surface area contributed by atoms with E-state index in [1.165, 1.54) is 12.1 Å². The van der Waals surface area contributed by atoms with Gasteiger partial charge in [0.1, 0.15) is 4.90 Å². The van der Waals surface area contributed by atoms with Crippen LogP contribution < -0.4 is 10.5 Å². The molecule has 0 fully saturated rings. The quantitative estimate of drug-likeness (QED) is 0.435. The number of primary sulfonamides is 1. The van der Waals surface area contributed by atoms with Crippen LogP contribution in [0.1, 0.15) is 6.42 Å². The summed E-state index contributed by atoms with van der Waals surface area (Å²) in [4.78, 5) is 11.7. The molecule has 3 N–H and O–H groups in total. The van der Waals surface area contributed by atoms with Crippen LogP contribution in [0.4, 0.5) is 11.4 Å². The Labute approximate surface area is 129 Å². The molecule has 0 bridgehead atoms. The van der Waals surface area contributed by atoms with Crippen LogP contribution in [0, 0.1) is 10.1 Å². The Morgan fingerprint density at radius 3 is 2.48 bits per heavy atom. The first-order valence-corrected chi connectivity index (χ1v) is 7.46. The molecule has 21 heavy (non-hydrogen) atoms. The number of nitrogens with zero attached hydrogens (tertiary/aromatic N) is 2. The summed E-state index contributed by atoms with van der Waals surface area (Å²) in [7, 11) is -0.156. The molecule has 0 saturated carbocycles. The largest absolute Gasteiger partial charge is 0.384 e. The maximum Gasteiger partial charge on any atom is 0.270 e. The van der Waals surface area contributed by atoms with Gasteiger partial charge in [-0.1, -0.05) is 0 Å². The fourth-order valence-corrected chi connectivity index (χ4v) is 2.36. The standard InChI is InChI=1S/C11H18N4O4S.ClH/c1-14(2)7-3-6-13-10-5-4-9(15(16)17)8-11(10)20(12,18)19;/h4-5,8,13H,3,6-7H2,1-2H3,(H2,12,18,19);1H. The maximum atomic E-state index is 11.5. The minimum absolute atomic E-state index is 0. The topological polar surface area (TPSA) is 119 Å². The van der Waals surface area contributed by atoms with Crippen molar-refractivity contribution in [2.45, 2.75) is 11.3 Å². The third-order valence-electron chi connectivity index (χ3n) is 2.58. The number of halogens is 1. The van der Waals surface area contributed by atoms with E-state index in [1.54, 1.807) is 0 Å². The van der Waals surface area contributed by atoms with Gasteiger partial charge in [0.15, 0.2) is 0 Å². The lowest BCUT2D eigenvalue weighted by Crippen LogP contribution is -2.18. The Balaban J connectivity index is 0.00000400. The number of sulfonamides is 1. The van der Waals surface area contributed by atoms with Gasteiger partial charge in [0.2, 0.25) is 10.0 Å². The highest BCUT2D eigenvalue weighted by molar-refractivity contribution is 7.89. The van der Waals surface area contributed by atoms with Gasteiger partial charge in [0.25, 0.3) is 5.69 Å². The maximum absolute atomic E-state index is 11.5. The number of rotatable bonds is 7. The number of hydrogen-bond acceptors (Lipinski definition) is 6. The van der Waals surface area contributed by atoms with Gasteiger partial charge in [-0.15, -0.1) is 12.4 Å². The van der Waals surface area contributed by atoms with E-state index in [1.807, 2.05) is 19.0 Å². The molecule has 0 heterocycles. The molecule has 0 amide bonds. The van der Waals surface area contributed by atoms with Crippen LogP contribution in [0.5, 0.6) is 0 Å². The fraction of sp³-hybridized carbons (Fsp3) is 0.455. The van der Waals surface area contributed by atoms with E-state index in [0.717, 1.165) is 19.0 Å². The monoisotopic (exact) mass is 338 g/mol. The average molecular weight is 339 g/mol. The highest BCUT2D eigenvalue weighted by atomic mass is 35.5. The minimum Gasteiger partial charge on any atom is -0.384 e. The number of nitrogens with one attached hydrogen (secondary N) is 1. The van der Waals surface area contributed by atoms with E-state index < -0.39 is 14.9 Å². The van der Waals surface area contributed by atoms with E-state index in [9.17, 15) is 18.5 Å². The Kier molecular flexibility index (Phi) is 7.58. The lowest BCUT2D eigenvalue weighted by molar-refractivity contribution is -0.385. The molecule has 8 nitrogen and oxygen atoms in total. The molecule has 0 aliphatic rings. The number of anilines is 1. The highest BCUT2D eigenvalue weighted by Crippen LogP contribution is 2.25. The van der Waals surface area contributed by atoms with Crippen molar-refractivity contribution in [3.63, 3.8) is 0 Å². The molecule has 0 aliphatic heterocycles. The fourth-order valence-electron chi connectivity index (χ4n) is 1.62. The Hall–Kier alpha value is -1.42. The van der Waals surface area contributed by atoms with Crippen LogP contribution in [-0.4, -0.2) is 45.4 Å². The van der Waals surface area contributed by atoms with Crippen molar-refractivity contribution >= 4 is 33.8 Å². The molecule has 1 aromatic rings. The van der Waals surface area contributed by atoms with Gasteiger partial charge in [0.05, 0.1) is 10.6 Å². The van der Waals surface area contributed by atoms with Gasteiger partial charge >= 0.3 is 0 Å². The van der Waals surface area contributed by atoms with E-state index in [4.69, 9.17) is 5.14 Å². The molecule has 0 unspecified atom stereocenters. The minimum atomic E-state index is -4.02. The molecular weight excluding hydrogens is 320 g/mol. The lowest BCUT2D eigenvalue weighted by Gasteiger charge is -2.12. The average Bonchev–Trinajstić information content (AvgIpc) is 2.33. The number of nitro groups is 1. The molecule has 1 aromatic carbocycles. The van der Waals surface area contributed by atoms with E-state index in [2.05, 4.69) is 5.32 Å². The van der Waals surface area contributed by atoms with Gasteiger partial charge in [-0.2, -0.15) is 0 Å². The molecule has 120 valence electrons. The van der Waals surface area contributed by atoms with Crippen molar-refractivity contribution in [3.05, 3.63) is 28.3 Å². The third-order valence-corrected chi connectivity index (χ3v) is 3.53. The Morgan fingerprint density at radius 2 is 2.00 bits per heavy atom. The summed E-state index contributed by atoms with van der Waals surface area (Å²) in [6.07, 6.45) is 0.800. The summed E-state index contributed by atoms with van der Waals surface area (Å²) < 4.78 is 23.0. The summed E-state index contributed by atoms with van der Waals surface area (Å²) in [5, 5.41) is 18.7. The number of benzene rings is 1. The summed E-state index contributed by atoms with van der Waals surface area (Å²) in [6, 6.07) is 3.56. The molecule has 0 aliphatic carbocycles. The SMILES string of the molecule is CN(C)CCCNc1ccc([N+](=O)[O-])cc1S(N)(=O)=O.Cl. The number of nitrogens with two attached hydrogens (primary N) is 1. The first kappa shape index (κ1) is 19.6. The number of nitro benzene ring substituents is 1. The first-order chi connectivity index (χ1) is 9.21. The van der Waals surface area contributed by atoms with Crippen molar-refractivity contribution in [1.82, 2.24) is 4.90 Å². The number of non-ortho nitro benzene ring substituents is 1. The summed E-state index contributed by atoms with van der Waals surface area (Å²) in [5.41, 5.74) is -0.0373. The van der Waals surface area contributed by atoms with Crippen LogP contribution in [0.15, 0.2) is 23.1 Å². The van der Waals surface area contributed by atoms with E-state index in [0.29, 0.717) is 6.54 Å². The molecule has 0 atom stereocenters. The second-order valence-electron chi connectivity index (χ2n) is 4.57. The smallest absolute Gasteiger partial charge is 0.270 e. The zero-order valence-electron chi connectivity index (χ0n) is 11.8. The van der Waals surface area contributed by atoms with E-state index >= 15 is 0 Å². The summed E-state index contributed by atoms with van der Waals surface area (Å²) in [5.74, 6) is 0. The zero-order chi connectivity index (χ0) is 15.3. The Morgan fingerprint density at radius 1 is 1.38 bits per heavy atom. The third kappa shape index (κ3) is 6.25. The highest BCUT2D eigenvalue weighted by Gasteiger charge is 2.18. The lowest BCUT2D eigenvalue weighted by atomic mass is 10.2. The summed E-state index contributed by atoms with van der Waals surface area (Å²) in [6.45, 7) is 1.38. The van der Waals surface area contributed by atoms with Crippen LogP contribution in [0.3, 0.4) is 0 Å². The predicted molar refractivity (Wildman–Crippen MR) is 83.4 cm³/mol. The van der Waals surface area contributed by atoms with Crippen LogP contribution in [0.25, 0.3) is 0 Å². The predicted octanol–water partition coefficient (Wildman–Crippen LogP) is 1.03. The van der Waals surface area contributed by atoms with Gasteiger partial charge in [-0.05, 0) is 33.1 Å².